The van der Waals surface area contributed by atoms with Crippen molar-refractivity contribution in [1.29, 1.82) is 0 Å². The highest BCUT2D eigenvalue weighted by Gasteiger charge is 2.35. The van der Waals surface area contributed by atoms with Crippen LogP contribution in [0.3, 0.4) is 0 Å². The van der Waals surface area contributed by atoms with Gasteiger partial charge in [0, 0.05) is 18.1 Å². The highest BCUT2D eigenvalue weighted by atomic mass is 35.5. The molecule has 1 aliphatic heterocycles. The number of halogens is 1. The molecule has 4 rings (SSSR count). The van der Waals surface area contributed by atoms with Crippen molar-refractivity contribution in [1.82, 2.24) is 5.01 Å². The molecule has 3 aromatic carbocycles. The summed E-state index contributed by atoms with van der Waals surface area (Å²) >= 11 is 6.35. The zero-order chi connectivity index (χ0) is 24.2. The van der Waals surface area contributed by atoms with Gasteiger partial charge >= 0.3 is 0 Å². The first-order valence-corrected chi connectivity index (χ1v) is 11.0. The molecule has 0 saturated heterocycles. The number of benzene rings is 3. The third kappa shape index (κ3) is 4.52. The van der Waals surface area contributed by atoms with E-state index in [0.717, 1.165) is 16.8 Å². The van der Waals surface area contributed by atoms with Gasteiger partial charge in [-0.3, -0.25) is 4.79 Å². The van der Waals surface area contributed by atoms with Crippen LogP contribution in [0.2, 0.25) is 5.02 Å². The van der Waals surface area contributed by atoms with Crippen LogP contribution in [0.1, 0.15) is 33.9 Å². The van der Waals surface area contributed by atoms with E-state index >= 15 is 0 Å². The minimum absolute atomic E-state index is 0.298. The Morgan fingerprint density at radius 2 is 1.56 bits per heavy atom. The Kier molecular flexibility index (Phi) is 6.93. The number of ether oxygens (including phenoxy) is 4. The summed E-state index contributed by atoms with van der Waals surface area (Å²) in [7, 11) is 6.34. The topological polar surface area (TPSA) is 69.6 Å². The van der Waals surface area contributed by atoms with Crippen molar-refractivity contribution in [3.8, 4) is 23.0 Å². The van der Waals surface area contributed by atoms with Gasteiger partial charge in [0.15, 0.2) is 11.5 Å². The van der Waals surface area contributed by atoms with Gasteiger partial charge in [-0.25, -0.2) is 5.01 Å². The third-order valence-corrected chi connectivity index (χ3v) is 6.03. The molecule has 0 N–H and O–H groups in total. The Bertz CT molecular complexity index is 1220. The molecule has 1 heterocycles. The van der Waals surface area contributed by atoms with E-state index in [1.54, 1.807) is 58.8 Å². The third-order valence-electron chi connectivity index (χ3n) is 5.70. The van der Waals surface area contributed by atoms with Gasteiger partial charge in [-0.1, -0.05) is 23.7 Å². The number of hydrogen-bond donors (Lipinski definition) is 0. The molecule has 0 aliphatic carbocycles. The zero-order valence-electron chi connectivity index (χ0n) is 19.4. The molecule has 1 atom stereocenters. The van der Waals surface area contributed by atoms with Gasteiger partial charge in [0.05, 0.1) is 50.8 Å². The molecule has 3 aromatic rings. The SMILES string of the molecule is COc1cc(OC)cc([C@H]2CC(c3ccc(OC)c(OC)c3)=NN2C(=O)c2ccccc2Cl)c1. The second-order valence-electron chi connectivity index (χ2n) is 7.61. The summed E-state index contributed by atoms with van der Waals surface area (Å²) in [5, 5.41) is 6.58. The van der Waals surface area contributed by atoms with Gasteiger partial charge < -0.3 is 18.9 Å². The van der Waals surface area contributed by atoms with E-state index in [2.05, 4.69) is 0 Å². The highest BCUT2D eigenvalue weighted by molar-refractivity contribution is 6.33. The van der Waals surface area contributed by atoms with Crippen LogP contribution in [-0.2, 0) is 0 Å². The first-order valence-electron chi connectivity index (χ1n) is 10.6. The predicted molar refractivity (Wildman–Crippen MR) is 131 cm³/mol. The molecule has 1 aliphatic rings. The molecule has 7 nitrogen and oxygen atoms in total. The summed E-state index contributed by atoms with van der Waals surface area (Å²) in [6.45, 7) is 0. The molecule has 0 unspecified atom stereocenters. The molecule has 0 fully saturated rings. The fourth-order valence-electron chi connectivity index (χ4n) is 3.93. The van der Waals surface area contributed by atoms with Crippen LogP contribution in [0.15, 0.2) is 65.8 Å². The number of rotatable bonds is 7. The van der Waals surface area contributed by atoms with Gasteiger partial charge in [-0.15, -0.1) is 0 Å². The summed E-state index contributed by atoms with van der Waals surface area (Å²) in [5.74, 6) is 2.15. The molecule has 0 spiro atoms. The molecule has 0 aromatic heterocycles. The Morgan fingerprint density at radius 1 is 0.882 bits per heavy atom. The van der Waals surface area contributed by atoms with E-state index in [-0.39, 0.29) is 5.91 Å². The maximum atomic E-state index is 13.6. The molecular formula is C26H25ClN2O5. The number of methoxy groups -OCH3 is 4. The van der Waals surface area contributed by atoms with Gasteiger partial charge in [0.1, 0.15) is 11.5 Å². The number of carbonyl (C=O) groups is 1. The normalized spacial score (nSPS) is 15.0. The lowest BCUT2D eigenvalue weighted by Gasteiger charge is -2.23. The van der Waals surface area contributed by atoms with Crippen LogP contribution in [0, 0.1) is 0 Å². The summed E-state index contributed by atoms with van der Waals surface area (Å²) in [6, 6.07) is 17.7. The van der Waals surface area contributed by atoms with Crippen molar-refractivity contribution in [2.75, 3.05) is 28.4 Å². The van der Waals surface area contributed by atoms with Crippen molar-refractivity contribution in [3.63, 3.8) is 0 Å². The lowest BCUT2D eigenvalue weighted by atomic mass is 9.97. The zero-order valence-corrected chi connectivity index (χ0v) is 20.1. The first kappa shape index (κ1) is 23.4. The Balaban J connectivity index is 1.80. The van der Waals surface area contributed by atoms with E-state index in [4.69, 9.17) is 35.6 Å². The minimum Gasteiger partial charge on any atom is -0.497 e. The fraction of sp³-hybridized carbons (Fsp3) is 0.231. The monoisotopic (exact) mass is 480 g/mol. The van der Waals surface area contributed by atoms with Crippen LogP contribution >= 0.6 is 11.6 Å². The Labute approximate surface area is 203 Å². The van der Waals surface area contributed by atoms with Crippen molar-refractivity contribution >= 4 is 23.2 Å². The average Bonchev–Trinajstić information content (AvgIpc) is 3.33. The fourth-order valence-corrected chi connectivity index (χ4v) is 4.14. The Hall–Kier alpha value is -3.71. The van der Waals surface area contributed by atoms with E-state index in [1.165, 1.54) is 5.01 Å². The van der Waals surface area contributed by atoms with E-state index in [0.29, 0.717) is 40.0 Å². The molecule has 34 heavy (non-hydrogen) atoms. The number of hydrazone groups is 1. The van der Waals surface area contributed by atoms with Crippen molar-refractivity contribution in [3.05, 3.63) is 82.4 Å². The lowest BCUT2D eigenvalue weighted by Crippen LogP contribution is -2.27. The highest BCUT2D eigenvalue weighted by Crippen LogP contribution is 2.39. The molecule has 176 valence electrons. The number of hydrogen-bond acceptors (Lipinski definition) is 6. The summed E-state index contributed by atoms with van der Waals surface area (Å²) in [5.41, 5.74) is 2.76. The van der Waals surface area contributed by atoms with Crippen molar-refractivity contribution in [2.45, 2.75) is 12.5 Å². The second kappa shape index (κ2) is 10.1. The smallest absolute Gasteiger partial charge is 0.276 e. The number of amides is 1. The maximum absolute atomic E-state index is 13.6. The van der Waals surface area contributed by atoms with Crippen LogP contribution in [-0.4, -0.2) is 45.1 Å². The van der Waals surface area contributed by atoms with E-state index in [1.807, 2.05) is 30.3 Å². The standard InChI is InChI=1S/C26H25ClN2O5/c1-31-18-11-17(12-19(14-18)32-2)23-15-22(16-9-10-24(33-3)25(13-16)34-4)28-29(23)26(30)20-7-5-6-8-21(20)27/h5-14,23H,15H2,1-4H3/t23-/m1/s1. The molecule has 1 amide bonds. The quantitative estimate of drug-likeness (QED) is 0.455. The lowest BCUT2D eigenvalue weighted by molar-refractivity contribution is 0.0711. The summed E-state index contributed by atoms with van der Waals surface area (Å²) in [6.07, 6.45) is 0.474. The minimum atomic E-state index is -0.393. The molecule has 0 saturated carbocycles. The van der Waals surface area contributed by atoms with Crippen LogP contribution < -0.4 is 18.9 Å². The molecule has 0 radical (unpaired) electrons. The Morgan fingerprint density at radius 3 is 2.18 bits per heavy atom. The van der Waals surface area contributed by atoms with Gasteiger partial charge in [-0.2, -0.15) is 5.10 Å². The van der Waals surface area contributed by atoms with Crippen molar-refractivity contribution < 1.29 is 23.7 Å². The molecule has 8 heteroatoms. The van der Waals surface area contributed by atoms with E-state index in [9.17, 15) is 4.79 Å². The first-order chi connectivity index (χ1) is 16.5. The largest absolute Gasteiger partial charge is 0.497 e. The van der Waals surface area contributed by atoms with Crippen LogP contribution in [0.25, 0.3) is 0 Å². The average molecular weight is 481 g/mol. The predicted octanol–water partition coefficient (Wildman–Crippen LogP) is 5.37. The van der Waals surface area contributed by atoms with Gasteiger partial charge in [-0.05, 0) is 48.0 Å². The van der Waals surface area contributed by atoms with E-state index < -0.39 is 6.04 Å². The van der Waals surface area contributed by atoms with Crippen LogP contribution in [0.5, 0.6) is 23.0 Å². The summed E-state index contributed by atoms with van der Waals surface area (Å²) < 4.78 is 21.7. The maximum Gasteiger partial charge on any atom is 0.276 e. The molecular weight excluding hydrogens is 456 g/mol. The molecule has 0 bridgehead atoms. The van der Waals surface area contributed by atoms with Crippen LogP contribution in [0.4, 0.5) is 0 Å². The number of nitrogens with zero attached hydrogens (tertiary/aromatic N) is 2. The number of carbonyl (C=O) groups excluding carboxylic acids is 1. The van der Waals surface area contributed by atoms with Crippen molar-refractivity contribution in [2.24, 2.45) is 5.10 Å². The van der Waals surface area contributed by atoms with Gasteiger partial charge in [0.2, 0.25) is 0 Å². The second-order valence-corrected chi connectivity index (χ2v) is 8.02. The van der Waals surface area contributed by atoms with Gasteiger partial charge in [0.25, 0.3) is 5.91 Å². The summed E-state index contributed by atoms with van der Waals surface area (Å²) in [4.78, 5) is 13.6.